The lowest BCUT2D eigenvalue weighted by atomic mass is 9.95. The van der Waals surface area contributed by atoms with Gasteiger partial charge in [-0.1, -0.05) is 18.2 Å². The van der Waals surface area contributed by atoms with E-state index in [-0.39, 0.29) is 5.91 Å². The largest absolute Gasteiger partial charge is 0.342 e. The number of aromatic amines is 1. The van der Waals surface area contributed by atoms with Crippen LogP contribution in [-0.2, 0) is 0 Å². The minimum atomic E-state index is 0.000144. The zero-order valence-corrected chi connectivity index (χ0v) is 13.8. The minimum Gasteiger partial charge on any atom is -0.342 e. The van der Waals surface area contributed by atoms with E-state index < -0.39 is 0 Å². The first-order chi connectivity index (χ1) is 12.2. The number of nitriles is 1. The van der Waals surface area contributed by atoms with Crippen LogP contribution in [0.4, 0.5) is 0 Å². The summed E-state index contributed by atoms with van der Waals surface area (Å²) in [6.07, 6.45) is 1.78. The van der Waals surface area contributed by atoms with Gasteiger partial charge in [0.05, 0.1) is 22.7 Å². The van der Waals surface area contributed by atoms with E-state index >= 15 is 0 Å². The Labute approximate surface area is 145 Å². The van der Waals surface area contributed by atoms with Gasteiger partial charge >= 0.3 is 0 Å². The number of nitrogens with one attached hydrogen (secondary N) is 1. The molecule has 0 bridgehead atoms. The van der Waals surface area contributed by atoms with E-state index in [0.29, 0.717) is 30.1 Å². The first-order valence-electron chi connectivity index (χ1n) is 8.48. The maximum Gasteiger partial charge on any atom is 0.253 e. The highest BCUT2D eigenvalue weighted by Crippen LogP contribution is 2.28. The number of hydrogen-bond acceptors (Lipinski definition) is 3. The Morgan fingerprint density at radius 1 is 1.16 bits per heavy atom. The van der Waals surface area contributed by atoms with Gasteiger partial charge in [0.15, 0.2) is 0 Å². The molecule has 1 saturated heterocycles. The van der Waals surface area contributed by atoms with Crippen molar-refractivity contribution in [3.05, 3.63) is 65.5 Å². The van der Waals surface area contributed by atoms with Crippen LogP contribution in [0.25, 0.3) is 11.0 Å². The fourth-order valence-corrected chi connectivity index (χ4v) is 3.43. The molecule has 3 aromatic rings. The third kappa shape index (κ3) is 2.99. The van der Waals surface area contributed by atoms with Gasteiger partial charge in [-0.05, 0) is 43.2 Å². The van der Waals surface area contributed by atoms with E-state index in [1.807, 2.05) is 29.2 Å². The molecule has 25 heavy (non-hydrogen) atoms. The van der Waals surface area contributed by atoms with Gasteiger partial charge in [-0.15, -0.1) is 0 Å². The number of benzene rings is 2. The van der Waals surface area contributed by atoms with Crippen molar-refractivity contribution >= 4 is 16.9 Å². The summed E-state index contributed by atoms with van der Waals surface area (Å²) in [5.74, 6) is 1.36. The summed E-state index contributed by atoms with van der Waals surface area (Å²) >= 11 is 0. The molecule has 0 radical (unpaired) electrons. The SMILES string of the molecule is N#Cc1cccc(C(=O)N2CCC(c3nc4ccccc4[nH]3)CC2)c1. The summed E-state index contributed by atoms with van der Waals surface area (Å²) in [5, 5.41) is 8.99. The molecule has 1 aromatic heterocycles. The predicted octanol–water partition coefficient (Wildman–Crippen LogP) is 3.45. The monoisotopic (exact) mass is 330 g/mol. The predicted molar refractivity (Wildman–Crippen MR) is 95.1 cm³/mol. The van der Waals surface area contributed by atoms with E-state index in [4.69, 9.17) is 10.2 Å². The third-order valence-corrected chi connectivity index (χ3v) is 4.82. The van der Waals surface area contributed by atoms with Crippen LogP contribution in [-0.4, -0.2) is 33.9 Å². The normalized spacial score (nSPS) is 15.2. The number of imidazole rings is 1. The van der Waals surface area contributed by atoms with E-state index in [1.165, 1.54) is 0 Å². The third-order valence-electron chi connectivity index (χ3n) is 4.82. The summed E-state index contributed by atoms with van der Waals surface area (Å²) in [4.78, 5) is 22.6. The standard InChI is InChI=1S/C20H18N4O/c21-13-14-4-3-5-16(12-14)20(25)24-10-8-15(9-11-24)19-22-17-6-1-2-7-18(17)23-19/h1-7,12,15H,8-11H2,(H,22,23). The van der Waals surface area contributed by atoms with Crippen molar-refractivity contribution in [2.45, 2.75) is 18.8 Å². The molecule has 4 rings (SSSR count). The maximum absolute atomic E-state index is 12.6. The van der Waals surface area contributed by atoms with Crippen molar-refractivity contribution < 1.29 is 4.79 Å². The number of H-pyrrole nitrogens is 1. The second-order valence-electron chi connectivity index (χ2n) is 6.40. The van der Waals surface area contributed by atoms with Crippen LogP contribution in [0.5, 0.6) is 0 Å². The van der Waals surface area contributed by atoms with Crippen molar-refractivity contribution in [2.24, 2.45) is 0 Å². The summed E-state index contributed by atoms with van der Waals surface area (Å²) < 4.78 is 0. The molecule has 124 valence electrons. The average Bonchev–Trinajstić information content (AvgIpc) is 3.12. The zero-order chi connectivity index (χ0) is 17.2. The van der Waals surface area contributed by atoms with Crippen LogP contribution < -0.4 is 0 Å². The molecule has 0 saturated carbocycles. The zero-order valence-electron chi connectivity index (χ0n) is 13.8. The van der Waals surface area contributed by atoms with E-state index in [0.717, 1.165) is 29.7 Å². The highest BCUT2D eigenvalue weighted by Gasteiger charge is 2.26. The molecule has 0 unspecified atom stereocenters. The van der Waals surface area contributed by atoms with Crippen LogP contribution in [0.2, 0.25) is 0 Å². The molecule has 1 fully saturated rings. The smallest absolute Gasteiger partial charge is 0.253 e. The molecule has 0 aliphatic carbocycles. The fraction of sp³-hybridized carbons (Fsp3) is 0.250. The average molecular weight is 330 g/mol. The molecule has 2 heterocycles. The van der Waals surface area contributed by atoms with E-state index in [1.54, 1.807) is 24.3 Å². The minimum absolute atomic E-state index is 0.000144. The van der Waals surface area contributed by atoms with Gasteiger partial charge in [-0.25, -0.2) is 4.98 Å². The Kier molecular flexibility index (Phi) is 3.95. The molecule has 5 nitrogen and oxygen atoms in total. The van der Waals surface area contributed by atoms with Crippen molar-refractivity contribution in [1.29, 1.82) is 5.26 Å². The number of amides is 1. The number of para-hydroxylation sites is 2. The van der Waals surface area contributed by atoms with E-state index in [9.17, 15) is 4.79 Å². The summed E-state index contributed by atoms with van der Waals surface area (Å²) in [6.45, 7) is 1.41. The van der Waals surface area contributed by atoms with Crippen LogP contribution in [0, 0.1) is 11.3 Å². The Hall–Kier alpha value is -3.13. The molecular formula is C20H18N4O. The molecule has 1 aliphatic heterocycles. The molecular weight excluding hydrogens is 312 g/mol. The van der Waals surface area contributed by atoms with Gasteiger partial charge < -0.3 is 9.88 Å². The first-order valence-corrected chi connectivity index (χ1v) is 8.48. The molecule has 0 spiro atoms. The van der Waals surface area contributed by atoms with Crippen molar-refractivity contribution in [2.75, 3.05) is 13.1 Å². The highest BCUT2D eigenvalue weighted by molar-refractivity contribution is 5.94. The van der Waals surface area contributed by atoms with Crippen LogP contribution in [0.15, 0.2) is 48.5 Å². The van der Waals surface area contributed by atoms with Crippen molar-refractivity contribution in [1.82, 2.24) is 14.9 Å². The van der Waals surface area contributed by atoms with Gasteiger partial charge in [0, 0.05) is 24.6 Å². The molecule has 1 aliphatic rings. The van der Waals surface area contributed by atoms with E-state index in [2.05, 4.69) is 11.1 Å². The first kappa shape index (κ1) is 15.4. The molecule has 1 amide bonds. The molecule has 5 heteroatoms. The lowest BCUT2D eigenvalue weighted by Crippen LogP contribution is -2.38. The lowest BCUT2D eigenvalue weighted by molar-refractivity contribution is 0.0711. The number of fused-ring (bicyclic) bond motifs is 1. The van der Waals surface area contributed by atoms with Crippen molar-refractivity contribution in [3.8, 4) is 6.07 Å². The van der Waals surface area contributed by atoms with Crippen LogP contribution >= 0.6 is 0 Å². The number of hydrogen-bond donors (Lipinski definition) is 1. The van der Waals surface area contributed by atoms with Gasteiger partial charge in [-0.3, -0.25) is 4.79 Å². The van der Waals surface area contributed by atoms with Crippen molar-refractivity contribution in [3.63, 3.8) is 0 Å². The highest BCUT2D eigenvalue weighted by atomic mass is 16.2. The van der Waals surface area contributed by atoms with Gasteiger partial charge in [0.1, 0.15) is 5.82 Å². The second kappa shape index (κ2) is 6.40. The summed E-state index contributed by atoms with van der Waals surface area (Å²) in [6, 6.07) is 17.0. The Morgan fingerprint density at radius 3 is 2.72 bits per heavy atom. The van der Waals surface area contributed by atoms with Gasteiger partial charge in [0.25, 0.3) is 5.91 Å². The quantitative estimate of drug-likeness (QED) is 0.782. The van der Waals surface area contributed by atoms with Gasteiger partial charge in [-0.2, -0.15) is 5.26 Å². The summed E-state index contributed by atoms with van der Waals surface area (Å²) in [7, 11) is 0. The number of carbonyl (C=O) groups excluding carboxylic acids is 1. The van der Waals surface area contributed by atoms with Gasteiger partial charge in [0.2, 0.25) is 0 Å². The number of piperidine rings is 1. The lowest BCUT2D eigenvalue weighted by Gasteiger charge is -2.31. The number of rotatable bonds is 2. The number of nitrogens with zero attached hydrogens (tertiary/aromatic N) is 3. The van der Waals surface area contributed by atoms with Crippen LogP contribution in [0.1, 0.15) is 40.5 Å². The number of aromatic nitrogens is 2. The topological polar surface area (TPSA) is 72.8 Å². The second-order valence-corrected chi connectivity index (χ2v) is 6.40. The number of carbonyl (C=O) groups is 1. The van der Waals surface area contributed by atoms with Crippen LogP contribution in [0.3, 0.4) is 0 Å². The molecule has 0 atom stereocenters. The number of likely N-dealkylation sites (tertiary alicyclic amines) is 1. The Balaban J connectivity index is 1.45. The maximum atomic E-state index is 12.6. The Bertz CT molecular complexity index is 928. The molecule has 1 N–H and O–H groups in total. The molecule has 2 aromatic carbocycles. The summed E-state index contributed by atoms with van der Waals surface area (Å²) in [5.41, 5.74) is 3.15. The Morgan fingerprint density at radius 2 is 1.96 bits per heavy atom. The fourth-order valence-electron chi connectivity index (χ4n) is 3.43.